The second kappa shape index (κ2) is 8.60. The molecule has 4 heterocycles. The third-order valence-electron chi connectivity index (χ3n) is 8.40. The molecule has 1 aromatic carbocycles. The molecule has 4 N–H and O–H groups in total. The largest absolute Gasteiger partial charge is 0.485 e. The first-order valence-electron chi connectivity index (χ1n) is 13.5. The topological polar surface area (TPSA) is 133 Å². The van der Waals surface area contributed by atoms with Crippen LogP contribution >= 0.6 is 0 Å². The van der Waals surface area contributed by atoms with Gasteiger partial charge in [0.05, 0.1) is 11.1 Å². The van der Waals surface area contributed by atoms with Gasteiger partial charge in [0.2, 0.25) is 0 Å². The van der Waals surface area contributed by atoms with Gasteiger partial charge in [0.25, 0.3) is 0 Å². The lowest BCUT2D eigenvalue weighted by atomic mass is 9.92. The average molecular weight is 568 g/mol. The lowest BCUT2D eigenvalue weighted by molar-refractivity contribution is -0.165. The highest BCUT2D eigenvalue weighted by Gasteiger charge is 2.67. The van der Waals surface area contributed by atoms with E-state index >= 15 is 0 Å². The molecule has 2 amide bonds. The average Bonchev–Trinajstić information content (AvgIpc) is 3.25. The number of amides is 2. The molecule has 0 spiro atoms. The maximum absolute atomic E-state index is 13.4. The zero-order chi connectivity index (χ0) is 28.7. The molecule has 13 heteroatoms. The van der Waals surface area contributed by atoms with Crippen molar-refractivity contribution in [3.8, 4) is 16.9 Å². The normalized spacial score (nSPS) is 19.0. The van der Waals surface area contributed by atoms with E-state index in [4.69, 9.17) is 15.0 Å². The number of benzene rings is 1. The Hall–Kier alpha value is -4.29. The molecule has 0 atom stereocenters. The van der Waals surface area contributed by atoms with Crippen molar-refractivity contribution in [1.82, 2.24) is 19.7 Å². The number of hydrogen-bond donors (Lipinski definition) is 3. The molecule has 2 saturated carbocycles. The molecular weight excluding hydrogens is 539 g/mol. The van der Waals surface area contributed by atoms with E-state index in [1.54, 1.807) is 6.07 Å². The number of carbonyl (C=O) groups is 1. The lowest BCUT2D eigenvalue weighted by Gasteiger charge is -2.27. The predicted octanol–water partition coefficient (Wildman–Crippen LogP) is 6.34. The van der Waals surface area contributed by atoms with Crippen LogP contribution in [0.15, 0.2) is 35.2 Å². The van der Waals surface area contributed by atoms with Gasteiger partial charge in [-0.05, 0) is 57.6 Å². The molecule has 0 saturated heterocycles. The summed E-state index contributed by atoms with van der Waals surface area (Å²) in [5, 5.41) is 9.63. The fourth-order valence-electron chi connectivity index (χ4n) is 5.89. The first-order valence-corrected chi connectivity index (χ1v) is 13.5. The van der Waals surface area contributed by atoms with Crippen LogP contribution in [-0.2, 0) is 11.8 Å². The van der Waals surface area contributed by atoms with E-state index in [0.29, 0.717) is 29.7 Å². The molecule has 2 aliphatic carbocycles. The summed E-state index contributed by atoms with van der Waals surface area (Å²) in [7, 11) is 0. The summed E-state index contributed by atoms with van der Waals surface area (Å²) in [6.07, 6.45) is 2.86. The van der Waals surface area contributed by atoms with Gasteiger partial charge in [-0.1, -0.05) is 11.2 Å². The van der Waals surface area contributed by atoms with Crippen LogP contribution in [-0.4, -0.2) is 37.5 Å². The van der Waals surface area contributed by atoms with Gasteiger partial charge in [0, 0.05) is 35.9 Å². The van der Waals surface area contributed by atoms with Crippen LogP contribution in [0, 0.1) is 0 Å². The minimum Gasteiger partial charge on any atom is -0.485 e. The van der Waals surface area contributed by atoms with E-state index in [0.717, 1.165) is 46.6 Å². The number of anilines is 3. The number of urea groups is 1. The summed E-state index contributed by atoms with van der Waals surface area (Å²) >= 11 is 0. The fraction of sp³-hybridized carbons (Fsp3) is 0.429. The number of halogens is 3. The lowest BCUT2D eigenvalue weighted by Crippen LogP contribution is -2.28. The number of aromatic nitrogens is 4. The maximum Gasteiger partial charge on any atom is 0.401 e. The Morgan fingerprint density at radius 2 is 1.93 bits per heavy atom. The third-order valence-corrected chi connectivity index (χ3v) is 8.40. The van der Waals surface area contributed by atoms with E-state index in [1.807, 2.05) is 19.9 Å². The molecule has 214 valence electrons. The Balaban J connectivity index is 1.20. The summed E-state index contributed by atoms with van der Waals surface area (Å²) in [5.74, 6) is 0.487. The molecule has 4 aromatic rings. The highest BCUT2D eigenvalue weighted by atomic mass is 19.4. The first-order chi connectivity index (χ1) is 19.5. The third kappa shape index (κ3) is 4.08. The van der Waals surface area contributed by atoms with Crippen LogP contribution < -0.4 is 21.1 Å². The number of hydrogen-bond acceptors (Lipinski definition) is 7. The van der Waals surface area contributed by atoms with Crippen LogP contribution in [0.25, 0.3) is 22.2 Å². The van der Waals surface area contributed by atoms with E-state index in [2.05, 4.69) is 36.5 Å². The molecule has 2 fully saturated rings. The number of rotatable bonds is 5. The van der Waals surface area contributed by atoms with E-state index in [-0.39, 0.29) is 24.4 Å². The number of nitrogens with zero attached hydrogens (tertiary/aromatic N) is 4. The summed E-state index contributed by atoms with van der Waals surface area (Å²) < 4.78 is 53.7. The smallest absolute Gasteiger partial charge is 0.401 e. The number of ether oxygens (including phenoxy) is 1. The number of carbonyl (C=O) groups excluding carboxylic acids is 1. The van der Waals surface area contributed by atoms with Crippen molar-refractivity contribution in [2.24, 2.45) is 0 Å². The van der Waals surface area contributed by atoms with Gasteiger partial charge in [-0.3, -0.25) is 5.32 Å². The van der Waals surface area contributed by atoms with Crippen molar-refractivity contribution < 1.29 is 27.2 Å². The summed E-state index contributed by atoms with van der Waals surface area (Å²) in [4.78, 5) is 21.7. The molecule has 7 rings (SSSR count). The van der Waals surface area contributed by atoms with Crippen LogP contribution in [0.1, 0.15) is 63.3 Å². The van der Waals surface area contributed by atoms with Crippen molar-refractivity contribution in [3.05, 3.63) is 42.0 Å². The van der Waals surface area contributed by atoms with E-state index in [9.17, 15) is 18.0 Å². The SMILES string of the molecule is CC1(C)Cc2c(-c3cn(C4CCC4)c4ncnc(N)c34)ccc(NC(=O)Nc3cc(C4(C(F)(F)F)CC4)on3)c2O1. The Morgan fingerprint density at radius 1 is 1.15 bits per heavy atom. The zero-order valence-corrected chi connectivity index (χ0v) is 22.4. The Kier molecular flexibility index (Phi) is 5.39. The fourth-order valence-corrected chi connectivity index (χ4v) is 5.89. The summed E-state index contributed by atoms with van der Waals surface area (Å²) in [6, 6.07) is 4.43. The molecule has 3 aliphatic rings. The van der Waals surface area contributed by atoms with Crippen LogP contribution in [0.3, 0.4) is 0 Å². The molecular formula is C28H28F3N7O3. The first kappa shape index (κ1) is 25.7. The quantitative estimate of drug-likeness (QED) is 0.256. The highest BCUT2D eigenvalue weighted by Crippen LogP contribution is 2.59. The van der Waals surface area contributed by atoms with Crippen molar-refractivity contribution >= 4 is 34.4 Å². The number of fused-ring (bicyclic) bond motifs is 2. The van der Waals surface area contributed by atoms with Gasteiger partial charge in [-0.15, -0.1) is 0 Å². The molecule has 1 aliphatic heterocycles. The predicted molar refractivity (Wildman–Crippen MR) is 145 cm³/mol. The van der Waals surface area contributed by atoms with Gasteiger partial charge >= 0.3 is 12.2 Å². The molecule has 0 bridgehead atoms. The van der Waals surface area contributed by atoms with Crippen LogP contribution in [0.4, 0.5) is 35.3 Å². The maximum atomic E-state index is 13.4. The molecule has 0 unspecified atom stereocenters. The number of alkyl halides is 3. The van der Waals surface area contributed by atoms with Crippen molar-refractivity contribution in [1.29, 1.82) is 0 Å². The summed E-state index contributed by atoms with van der Waals surface area (Å²) in [5.41, 5.74) is 7.68. The van der Waals surface area contributed by atoms with Crippen molar-refractivity contribution in [2.45, 2.75) is 75.6 Å². The van der Waals surface area contributed by atoms with Gasteiger partial charge in [0.15, 0.2) is 11.6 Å². The van der Waals surface area contributed by atoms with Crippen LogP contribution in [0.5, 0.6) is 5.75 Å². The Labute approximate surface area is 232 Å². The van der Waals surface area contributed by atoms with Crippen molar-refractivity contribution in [2.75, 3.05) is 16.4 Å². The van der Waals surface area contributed by atoms with Crippen molar-refractivity contribution in [3.63, 3.8) is 0 Å². The van der Waals surface area contributed by atoms with Gasteiger partial charge in [-0.25, -0.2) is 14.8 Å². The molecule has 10 nitrogen and oxygen atoms in total. The summed E-state index contributed by atoms with van der Waals surface area (Å²) in [6.45, 7) is 3.92. The zero-order valence-electron chi connectivity index (χ0n) is 22.4. The Bertz CT molecular complexity index is 1700. The van der Waals surface area contributed by atoms with Crippen LogP contribution in [0.2, 0.25) is 0 Å². The molecule has 0 radical (unpaired) electrons. The van der Waals surface area contributed by atoms with Gasteiger partial charge in [0.1, 0.15) is 34.6 Å². The minimum absolute atomic E-state index is 0.0694. The second-order valence-electron chi connectivity index (χ2n) is 11.7. The van der Waals surface area contributed by atoms with E-state index < -0.39 is 23.2 Å². The second-order valence-corrected chi connectivity index (χ2v) is 11.7. The Morgan fingerprint density at radius 3 is 2.61 bits per heavy atom. The molecule has 41 heavy (non-hydrogen) atoms. The number of nitrogens with two attached hydrogens (primary N) is 1. The molecule has 3 aromatic heterocycles. The van der Waals surface area contributed by atoms with E-state index in [1.165, 1.54) is 12.7 Å². The standard InChI is InChI=1S/C28H28F3N7O3/c1-26(2)11-16-15(17-12-38(14-4-3-5-14)24-21(17)23(32)33-13-34-24)6-7-18(22(16)40-26)35-25(39)36-20-10-19(41-37-20)27(8-9-27)28(29,30)31/h6-7,10,12-14H,3-5,8-9,11H2,1-2H3,(H2,32,33,34)(H2,35,36,37,39). The van der Waals surface area contributed by atoms with Gasteiger partial charge in [-0.2, -0.15) is 13.2 Å². The monoisotopic (exact) mass is 567 g/mol. The highest BCUT2D eigenvalue weighted by molar-refractivity contribution is 6.04. The number of nitrogens with one attached hydrogen (secondary N) is 2. The number of nitrogen functional groups attached to an aromatic ring is 1. The minimum atomic E-state index is -4.44. The van der Waals surface area contributed by atoms with Gasteiger partial charge < -0.3 is 24.9 Å².